The number of cyclic esters (lactones) is 2. The van der Waals surface area contributed by atoms with Crippen LogP contribution in [0, 0.1) is 5.92 Å². The van der Waals surface area contributed by atoms with Crippen LogP contribution in [0.1, 0.15) is 27.7 Å². The van der Waals surface area contributed by atoms with Crippen molar-refractivity contribution in [3.05, 3.63) is 46.7 Å². The quantitative estimate of drug-likeness (QED) is 0.615. The molecule has 2 atom stereocenters. The van der Waals surface area contributed by atoms with Crippen molar-refractivity contribution >= 4 is 11.9 Å². The number of hydrogen-bond acceptors (Lipinski definition) is 6. The predicted octanol–water partition coefficient (Wildman–Crippen LogP) is 2.60. The molecule has 22 heavy (non-hydrogen) atoms. The number of ether oxygens (including phenoxy) is 2. The SMILES string of the molecule is C/C=C/[C@]1(C(C)/C=C2\OC(=O)C(O)=C2C)OC(=O)C(O)=C1C. The van der Waals surface area contributed by atoms with Crippen LogP contribution in [0.4, 0.5) is 0 Å². The van der Waals surface area contributed by atoms with Crippen molar-refractivity contribution in [1.29, 1.82) is 0 Å². The largest absolute Gasteiger partial charge is 0.502 e. The fraction of sp³-hybridized carbons (Fsp3) is 0.375. The van der Waals surface area contributed by atoms with Gasteiger partial charge in [0.1, 0.15) is 5.76 Å². The van der Waals surface area contributed by atoms with Gasteiger partial charge in [-0.05, 0) is 32.9 Å². The Kier molecular flexibility index (Phi) is 3.87. The molecule has 0 aliphatic carbocycles. The molecule has 0 amide bonds. The van der Waals surface area contributed by atoms with Gasteiger partial charge in [-0.3, -0.25) is 0 Å². The Morgan fingerprint density at radius 1 is 1.14 bits per heavy atom. The average molecular weight is 306 g/mol. The lowest BCUT2D eigenvalue weighted by Crippen LogP contribution is -2.36. The zero-order valence-corrected chi connectivity index (χ0v) is 12.8. The Bertz CT molecular complexity index is 664. The van der Waals surface area contributed by atoms with E-state index >= 15 is 0 Å². The molecule has 118 valence electrons. The molecule has 1 unspecified atom stereocenters. The first kappa shape index (κ1) is 15.9. The fourth-order valence-electron chi connectivity index (χ4n) is 2.61. The Morgan fingerprint density at radius 2 is 1.77 bits per heavy atom. The van der Waals surface area contributed by atoms with E-state index in [4.69, 9.17) is 9.47 Å². The van der Waals surface area contributed by atoms with Gasteiger partial charge in [0.05, 0.1) is 0 Å². The van der Waals surface area contributed by atoms with E-state index in [9.17, 15) is 19.8 Å². The Balaban J connectivity index is 2.45. The molecule has 0 saturated carbocycles. The molecule has 0 spiro atoms. The van der Waals surface area contributed by atoms with E-state index in [1.54, 1.807) is 45.9 Å². The van der Waals surface area contributed by atoms with Crippen molar-refractivity contribution in [2.75, 3.05) is 0 Å². The second-order valence-corrected chi connectivity index (χ2v) is 5.34. The second kappa shape index (κ2) is 5.36. The van der Waals surface area contributed by atoms with E-state index in [2.05, 4.69) is 0 Å². The van der Waals surface area contributed by atoms with E-state index in [0.717, 1.165) is 0 Å². The molecule has 0 aromatic carbocycles. The van der Waals surface area contributed by atoms with Crippen LogP contribution in [0.25, 0.3) is 0 Å². The van der Waals surface area contributed by atoms with Gasteiger partial charge in [0.15, 0.2) is 5.60 Å². The number of rotatable bonds is 3. The predicted molar refractivity (Wildman–Crippen MR) is 77.6 cm³/mol. The Labute approximate surface area is 128 Å². The number of allylic oxidation sites excluding steroid dienone is 2. The van der Waals surface area contributed by atoms with Crippen LogP contribution in [0.2, 0.25) is 0 Å². The summed E-state index contributed by atoms with van der Waals surface area (Å²) >= 11 is 0. The Hall–Kier alpha value is -2.50. The first-order valence-electron chi connectivity index (χ1n) is 6.86. The monoisotopic (exact) mass is 306 g/mol. The highest BCUT2D eigenvalue weighted by Crippen LogP contribution is 2.41. The number of aliphatic hydroxyl groups excluding tert-OH is 2. The molecule has 2 heterocycles. The minimum absolute atomic E-state index is 0.217. The van der Waals surface area contributed by atoms with Gasteiger partial charge >= 0.3 is 11.9 Å². The van der Waals surface area contributed by atoms with Crippen molar-refractivity contribution in [3.8, 4) is 0 Å². The van der Waals surface area contributed by atoms with Crippen LogP contribution in [0.5, 0.6) is 0 Å². The minimum Gasteiger partial charge on any atom is -0.502 e. The summed E-state index contributed by atoms with van der Waals surface area (Å²) in [5, 5.41) is 19.3. The lowest BCUT2D eigenvalue weighted by molar-refractivity contribution is -0.148. The maximum absolute atomic E-state index is 11.7. The third kappa shape index (κ3) is 2.20. The molecule has 0 bridgehead atoms. The van der Waals surface area contributed by atoms with E-state index in [-0.39, 0.29) is 5.76 Å². The van der Waals surface area contributed by atoms with Crippen LogP contribution < -0.4 is 0 Å². The summed E-state index contributed by atoms with van der Waals surface area (Å²) in [6.07, 6.45) is 4.97. The van der Waals surface area contributed by atoms with Crippen LogP contribution in [0.15, 0.2) is 46.7 Å². The molecule has 0 saturated heterocycles. The third-order valence-electron chi connectivity index (χ3n) is 4.01. The molecule has 2 N–H and O–H groups in total. The second-order valence-electron chi connectivity index (χ2n) is 5.34. The smallest absolute Gasteiger partial charge is 0.379 e. The van der Waals surface area contributed by atoms with Gasteiger partial charge in [-0.25, -0.2) is 9.59 Å². The summed E-state index contributed by atoms with van der Waals surface area (Å²) in [5.41, 5.74) is -0.439. The van der Waals surface area contributed by atoms with Gasteiger partial charge < -0.3 is 19.7 Å². The van der Waals surface area contributed by atoms with Gasteiger partial charge in [0, 0.05) is 17.1 Å². The molecular weight excluding hydrogens is 288 g/mol. The average Bonchev–Trinajstić information content (AvgIpc) is 2.83. The molecular formula is C16H18O6. The highest BCUT2D eigenvalue weighted by Gasteiger charge is 2.47. The highest BCUT2D eigenvalue weighted by molar-refractivity contribution is 5.92. The number of hydrogen-bond donors (Lipinski definition) is 2. The molecule has 6 nitrogen and oxygen atoms in total. The van der Waals surface area contributed by atoms with Gasteiger partial charge in [-0.15, -0.1) is 0 Å². The van der Waals surface area contributed by atoms with E-state index in [1.165, 1.54) is 0 Å². The number of esters is 2. The summed E-state index contributed by atoms with van der Waals surface area (Å²) in [6, 6.07) is 0. The lowest BCUT2D eigenvalue weighted by atomic mass is 9.82. The van der Waals surface area contributed by atoms with E-state index in [1.807, 2.05) is 0 Å². The molecule has 0 radical (unpaired) electrons. The van der Waals surface area contributed by atoms with E-state index < -0.39 is 35.0 Å². The summed E-state index contributed by atoms with van der Waals surface area (Å²) in [7, 11) is 0. The first-order chi connectivity index (χ1) is 10.2. The van der Waals surface area contributed by atoms with Crippen molar-refractivity contribution in [3.63, 3.8) is 0 Å². The van der Waals surface area contributed by atoms with Crippen molar-refractivity contribution in [2.45, 2.75) is 33.3 Å². The number of carbonyl (C=O) groups excluding carboxylic acids is 2. The molecule has 6 heteroatoms. The fourth-order valence-corrected chi connectivity index (χ4v) is 2.61. The van der Waals surface area contributed by atoms with Crippen LogP contribution >= 0.6 is 0 Å². The maximum atomic E-state index is 11.7. The first-order valence-corrected chi connectivity index (χ1v) is 6.86. The molecule has 2 aliphatic heterocycles. The molecule has 0 aromatic heterocycles. The summed E-state index contributed by atoms with van der Waals surface area (Å²) in [4.78, 5) is 23.0. The minimum atomic E-state index is -1.15. The standard InChI is InChI=1S/C16H18O6/c1-5-6-16(10(4)13(18)15(20)22-16)8(2)7-11-9(3)12(17)14(19)21-11/h5-8,17-18H,1-4H3/b6-5+,11-7-/t8?,16-/m1/s1. The summed E-state index contributed by atoms with van der Waals surface area (Å²) < 4.78 is 10.3. The number of aliphatic hydroxyl groups is 2. The number of carbonyl (C=O) groups is 2. The van der Waals surface area contributed by atoms with Gasteiger partial charge in [0.2, 0.25) is 11.5 Å². The molecule has 2 rings (SSSR count). The third-order valence-corrected chi connectivity index (χ3v) is 4.01. The van der Waals surface area contributed by atoms with Crippen LogP contribution in [-0.4, -0.2) is 27.8 Å². The van der Waals surface area contributed by atoms with E-state index in [0.29, 0.717) is 11.1 Å². The van der Waals surface area contributed by atoms with Gasteiger partial charge in [0.25, 0.3) is 0 Å². The molecule has 0 fully saturated rings. The maximum Gasteiger partial charge on any atom is 0.379 e. The normalized spacial score (nSPS) is 28.8. The topological polar surface area (TPSA) is 93.1 Å². The van der Waals surface area contributed by atoms with Crippen LogP contribution in [0.3, 0.4) is 0 Å². The van der Waals surface area contributed by atoms with Gasteiger partial charge in [-0.1, -0.05) is 13.0 Å². The molecule has 0 aromatic rings. The molecule has 2 aliphatic rings. The van der Waals surface area contributed by atoms with Crippen molar-refractivity contribution in [2.24, 2.45) is 5.92 Å². The lowest BCUT2D eigenvalue weighted by Gasteiger charge is -2.30. The van der Waals surface area contributed by atoms with Crippen molar-refractivity contribution in [1.82, 2.24) is 0 Å². The summed E-state index contributed by atoms with van der Waals surface area (Å²) in [5.74, 6) is -2.66. The zero-order chi connectivity index (χ0) is 16.7. The Morgan fingerprint density at radius 3 is 2.18 bits per heavy atom. The van der Waals surface area contributed by atoms with Gasteiger partial charge in [-0.2, -0.15) is 0 Å². The van der Waals surface area contributed by atoms with Crippen molar-refractivity contribution < 1.29 is 29.3 Å². The zero-order valence-electron chi connectivity index (χ0n) is 12.8. The van der Waals surface area contributed by atoms with Crippen LogP contribution in [-0.2, 0) is 19.1 Å². The highest BCUT2D eigenvalue weighted by atomic mass is 16.6. The summed E-state index contributed by atoms with van der Waals surface area (Å²) in [6.45, 7) is 6.70.